The Morgan fingerprint density at radius 1 is 1.75 bits per heavy atom. The molecule has 0 aliphatic carbocycles. The summed E-state index contributed by atoms with van der Waals surface area (Å²) in [7, 11) is 0. The predicted molar refractivity (Wildman–Crippen MR) is 34.6 cm³/mol. The maximum Gasteiger partial charge on any atom is 0.149 e. The third-order valence-corrected chi connectivity index (χ3v) is 0.812. The summed E-state index contributed by atoms with van der Waals surface area (Å²) in [6.45, 7) is 5.43. The summed E-state index contributed by atoms with van der Waals surface area (Å²) >= 11 is 0. The van der Waals surface area contributed by atoms with Crippen LogP contribution < -0.4 is 0 Å². The first-order valence-electron chi connectivity index (χ1n) is 2.63. The summed E-state index contributed by atoms with van der Waals surface area (Å²) < 4.78 is 0. The molecule has 44 valence electrons. The Kier molecular flexibility index (Phi) is 3.85. The van der Waals surface area contributed by atoms with Gasteiger partial charge in [-0.3, -0.25) is 4.79 Å². The van der Waals surface area contributed by atoms with Gasteiger partial charge in [0, 0.05) is 5.57 Å². The lowest BCUT2D eigenvalue weighted by Crippen LogP contribution is -1.75. The average Bonchev–Trinajstić information content (AvgIpc) is 1.83. The van der Waals surface area contributed by atoms with Crippen molar-refractivity contribution in [2.75, 3.05) is 0 Å². The van der Waals surface area contributed by atoms with Crippen molar-refractivity contribution in [2.45, 2.75) is 13.3 Å². The van der Waals surface area contributed by atoms with Crippen molar-refractivity contribution < 1.29 is 4.79 Å². The van der Waals surface area contributed by atoms with Gasteiger partial charge >= 0.3 is 0 Å². The Bertz CT molecular complexity index is 102. The molecule has 1 nitrogen and oxygen atoms in total. The standard InChI is InChI=1S/C7H10O/c1-3-5-7(4-2)6-8/h4-6H,2-3H2,1H3. The highest BCUT2D eigenvalue weighted by Gasteiger charge is 1.80. The normalized spacial score (nSPS) is 10.9. The highest BCUT2D eigenvalue weighted by atomic mass is 16.1. The van der Waals surface area contributed by atoms with Crippen molar-refractivity contribution in [2.24, 2.45) is 0 Å². The van der Waals surface area contributed by atoms with Crippen molar-refractivity contribution >= 4 is 6.29 Å². The van der Waals surface area contributed by atoms with Gasteiger partial charge in [0.05, 0.1) is 0 Å². The molecule has 0 aromatic carbocycles. The highest BCUT2D eigenvalue weighted by molar-refractivity contribution is 5.76. The maximum atomic E-state index is 9.99. The summed E-state index contributed by atoms with van der Waals surface area (Å²) in [5.74, 6) is 0. The van der Waals surface area contributed by atoms with Crippen LogP contribution in [0.15, 0.2) is 24.3 Å². The lowest BCUT2D eigenvalue weighted by atomic mass is 10.2. The first-order chi connectivity index (χ1) is 3.85. The number of rotatable bonds is 3. The third-order valence-electron chi connectivity index (χ3n) is 0.812. The quantitative estimate of drug-likeness (QED) is 0.307. The molecule has 0 atom stereocenters. The zero-order valence-corrected chi connectivity index (χ0v) is 5.05. The third kappa shape index (κ3) is 2.35. The summed E-state index contributed by atoms with van der Waals surface area (Å²) in [6, 6.07) is 0. The largest absolute Gasteiger partial charge is 0.298 e. The fourth-order valence-electron chi connectivity index (χ4n) is 0.415. The molecule has 0 rings (SSSR count). The minimum absolute atomic E-state index is 0.674. The van der Waals surface area contributed by atoms with E-state index in [0.29, 0.717) is 5.57 Å². The van der Waals surface area contributed by atoms with Gasteiger partial charge in [0.1, 0.15) is 6.29 Å². The van der Waals surface area contributed by atoms with Gasteiger partial charge in [0.15, 0.2) is 0 Å². The van der Waals surface area contributed by atoms with Crippen LogP contribution >= 0.6 is 0 Å². The van der Waals surface area contributed by atoms with Crippen molar-refractivity contribution in [1.82, 2.24) is 0 Å². The fraction of sp³-hybridized carbons (Fsp3) is 0.286. The van der Waals surface area contributed by atoms with E-state index in [1.54, 1.807) is 6.08 Å². The minimum atomic E-state index is 0.674. The molecular weight excluding hydrogens is 100 g/mol. The molecule has 0 spiro atoms. The molecule has 0 amide bonds. The van der Waals surface area contributed by atoms with Gasteiger partial charge in [0.2, 0.25) is 0 Å². The molecule has 0 saturated carbocycles. The van der Waals surface area contributed by atoms with Crippen LogP contribution in [0.2, 0.25) is 0 Å². The molecule has 0 N–H and O–H groups in total. The number of hydrogen-bond acceptors (Lipinski definition) is 1. The van der Waals surface area contributed by atoms with E-state index in [4.69, 9.17) is 0 Å². The van der Waals surface area contributed by atoms with E-state index < -0.39 is 0 Å². The molecule has 0 bridgehead atoms. The summed E-state index contributed by atoms with van der Waals surface area (Å²) in [6.07, 6.45) is 5.08. The summed E-state index contributed by atoms with van der Waals surface area (Å²) in [5.41, 5.74) is 0.674. The monoisotopic (exact) mass is 110 g/mol. The van der Waals surface area contributed by atoms with Gasteiger partial charge in [-0.2, -0.15) is 0 Å². The molecule has 0 aliphatic heterocycles. The molecule has 8 heavy (non-hydrogen) atoms. The summed E-state index contributed by atoms with van der Waals surface area (Å²) in [5, 5.41) is 0. The van der Waals surface area contributed by atoms with E-state index in [1.807, 2.05) is 13.0 Å². The fourth-order valence-corrected chi connectivity index (χ4v) is 0.415. The molecule has 0 aromatic rings. The second kappa shape index (κ2) is 4.31. The predicted octanol–water partition coefficient (Wildman–Crippen LogP) is 1.71. The second-order valence-electron chi connectivity index (χ2n) is 1.43. The lowest BCUT2D eigenvalue weighted by molar-refractivity contribution is -0.104. The van der Waals surface area contributed by atoms with E-state index in [0.717, 1.165) is 12.7 Å². The molecule has 0 saturated heterocycles. The molecule has 0 aliphatic rings. The van der Waals surface area contributed by atoms with Crippen LogP contribution in [0.3, 0.4) is 0 Å². The van der Waals surface area contributed by atoms with Crippen molar-refractivity contribution in [1.29, 1.82) is 0 Å². The summed E-state index contributed by atoms with van der Waals surface area (Å²) in [4.78, 5) is 9.99. The lowest BCUT2D eigenvalue weighted by Gasteiger charge is -1.82. The maximum absolute atomic E-state index is 9.99. The number of hydrogen-bond donors (Lipinski definition) is 0. The van der Waals surface area contributed by atoms with Crippen LogP contribution in [0.5, 0.6) is 0 Å². The molecule has 0 radical (unpaired) electrons. The highest BCUT2D eigenvalue weighted by Crippen LogP contribution is 1.91. The number of carbonyl (C=O) groups excluding carboxylic acids is 1. The van der Waals surface area contributed by atoms with Crippen LogP contribution in [0.4, 0.5) is 0 Å². The van der Waals surface area contributed by atoms with Crippen LogP contribution in [-0.2, 0) is 4.79 Å². The van der Waals surface area contributed by atoms with Crippen LogP contribution in [-0.4, -0.2) is 6.29 Å². The van der Waals surface area contributed by atoms with Crippen LogP contribution in [0.1, 0.15) is 13.3 Å². The van der Waals surface area contributed by atoms with Gasteiger partial charge in [0.25, 0.3) is 0 Å². The second-order valence-corrected chi connectivity index (χ2v) is 1.43. The van der Waals surface area contributed by atoms with Gasteiger partial charge in [-0.15, -0.1) is 0 Å². The number of aldehydes is 1. The Balaban J connectivity index is 3.85. The van der Waals surface area contributed by atoms with Gasteiger partial charge in [-0.25, -0.2) is 0 Å². The number of allylic oxidation sites excluding steroid dienone is 3. The Hall–Kier alpha value is -0.850. The Morgan fingerprint density at radius 2 is 2.38 bits per heavy atom. The van der Waals surface area contributed by atoms with E-state index in [1.165, 1.54) is 0 Å². The van der Waals surface area contributed by atoms with Crippen molar-refractivity contribution in [3.8, 4) is 0 Å². The van der Waals surface area contributed by atoms with E-state index >= 15 is 0 Å². The minimum Gasteiger partial charge on any atom is -0.298 e. The SMILES string of the molecule is C=CC(C=O)=CCC. The van der Waals surface area contributed by atoms with E-state index in [-0.39, 0.29) is 0 Å². The molecule has 0 heterocycles. The van der Waals surface area contributed by atoms with Crippen molar-refractivity contribution in [3.63, 3.8) is 0 Å². The average molecular weight is 110 g/mol. The van der Waals surface area contributed by atoms with Gasteiger partial charge in [-0.05, 0) is 6.42 Å². The zero-order valence-electron chi connectivity index (χ0n) is 5.05. The van der Waals surface area contributed by atoms with Gasteiger partial charge in [-0.1, -0.05) is 25.7 Å². The Morgan fingerprint density at radius 3 is 2.50 bits per heavy atom. The molecule has 1 heteroatoms. The molecular formula is C7H10O. The van der Waals surface area contributed by atoms with E-state index in [2.05, 4.69) is 6.58 Å². The molecule has 0 unspecified atom stereocenters. The Labute approximate surface area is 49.7 Å². The number of carbonyl (C=O) groups is 1. The zero-order chi connectivity index (χ0) is 6.41. The van der Waals surface area contributed by atoms with Crippen molar-refractivity contribution in [3.05, 3.63) is 24.3 Å². The first kappa shape index (κ1) is 7.15. The molecule has 0 aromatic heterocycles. The topological polar surface area (TPSA) is 17.1 Å². The van der Waals surface area contributed by atoms with E-state index in [9.17, 15) is 4.79 Å². The molecule has 0 fully saturated rings. The van der Waals surface area contributed by atoms with Crippen LogP contribution in [0.25, 0.3) is 0 Å². The first-order valence-corrected chi connectivity index (χ1v) is 2.63. The van der Waals surface area contributed by atoms with Gasteiger partial charge < -0.3 is 0 Å². The van der Waals surface area contributed by atoms with Crippen LogP contribution in [0, 0.1) is 0 Å². The smallest absolute Gasteiger partial charge is 0.149 e.